The van der Waals surface area contributed by atoms with E-state index in [1.165, 1.54) is 0 Å². The number of thioether (sulfide) groups is 1. The van der Waals surface area contributed by atoms with Crippen LogP contribution in [0.4, 0.5) is 4.79 Å². The lowest BCUT2D eigenvalue weighted by atomic mass is 10.2. The molecule has 1 heterocycles. The van der Waals surface area contributed by atoms with Crippen LogP contribution in [0.15, 0.2) is 0 Å². The summed E-state index contributed by atoms with van der Waals surface area (Å²) >= 11 is 1.88. The van der Waals surface area contributed by atoms with Gasteiger partial charge in [-0.2, -0.15) is 11.8 Å². The molecule has 0 radical (unpaired) electrons. The molecule has 0 bridgehead atoms. The molecule has 2 aliphatic rings. The number of hydrogen-bond donors (Lipinski definition) is 2. The molecule has 0 aromatic carbocycles. The first-order valence-corrected chi connectivity index (χ1v) is 8.68. The van der Waals surface area contributed by atoms with Crippen LogP contribution in [0.1, 0.15) is 33.1 Å². The normalized spacial score (nSPS) is 28.6. The molecule has 1 saturated heterocycles. The molecule has 1 saturated carbocycles. The van der Waals surface area contributed by atoms with Crippen LogP contribution in [0.5, 0.6) is 0 Å². The molecule has 1 aliphatic heterocycles. The monoisotopic (exact) mass is 299 g/mol. The number of nitrogens with one attached hydrogen (secondary N) is 2. The fraction of sp³-hybridized carbons (Fsp3) is 0.857. The standard InChI is InChI=1S/C14H25N3O2S/c1-3-20-6-4-5-15-14(19)16-11-8-13(18)17(9-11)12-7-10(12)2/h10-12H,3-9H2,1-2H3,(H2,15,16,19)/t10-,11-,12+/m1/s1. The first-order chi connectivity index (χ1) is 9.61. The van der Waals surface area contributed by atoms with Gasteiger partial charge in [-0.25, -0.2) is 4.79 Å². The van der Waals surface area contributed by atoms with Crippen LogP contribution in [-0.4, -0.2) is 53.5 Å². The van der Waals surface area contributed by atoms with Crippen LogP contribution in [0.3, 0.4) is 0 Å². The van der Waals surface area contributed by atoms with Gasteiger partial charge in [0.05, 0.1) is 6.04 Å². The minimum atomic E-state index is -0.144. The van der Waals surface area contributed by atoms with Crippen molar-refractivity contribution in [1.29, 1.82) is 0 Å². The third kappa shape index (κ3) is 4.30. The Hall–Kier alpha value is -0.910. The quantitative estimate of drug-likeness (QED) is 0.699. The second-order valence-corrected chi connectivity index (χ2v) is 7.07. The van der Waals surface area contributed by atoms with Crippen molar-refractivity contribution in [2.24, 2.45) is 5.92 Å². The Morgan fingerprint density at radius 2 is 2.25 bits per heavy atom. The molecule has 1 aliphatic carbocycles. The second-order valence-electron chi connectivity index (χ2n) is 5.68. The molecule has 114 valence electrons. The molecule has 2 N–H and O–H groups in total. The lowest BCUT2D eigenvalue weighted by Crippen LogP contribution is -2.43. The second kappa shape index (κ2) is 7.20. The average molecular weight is 299 g/mol. The van der Waals surface area contributed by atoms with Crippen molar-refractivity contribution in [1.82, 2.24) is 15.5 Å². The fourth-order valence-electron chi connectivity index (χ4n) is 2.64. The van der Waals surface area contributed by atoms with Gasteiger partial charge in [0, 0.05) is 25.6 Å². The number of hydrogen-bond acceptors (Lipinski definition) is 3. The summed E-state index contributed by atoms with van der Waals surface area (Å²) in [7, 11) is 0. The van der Waals surface area contributed by atoms with Gasteiger partial charge >= 0.3 is 6.03 Å². The van der Waals surface area contributed by atoms with Crippen LogP contribution in [0.25, 0.3) is 0 Å². The first kappa shape index (κ1) is 15.5. The molecule has 2 fully saturated rings. The Balaban J connectivity index is 1.61. The van der Waals surface area contributed by atoms with Crippen LogP contribution in [0, 0.1) is 5.92 Å². The van der Waals surface area contributed by atoms with Crippen molar-refractivity contribution in [3.05, 3.63) is 0 Å². The van der Waals surface area contributed by atoms with Crippen LogP contribution >= 0.6 is 11.8 Å². The molecule has 2 rings (SSSR count). The highest BCUT2D eigenvalue weighted by atomic mass is 32.2. The van der Waals surface area contributed by atoms with E-state index in [4.69, 9.17) is 0 Å². The summed E-state index contributed by atoms with van der Waals surface area (Å²) in [4.78, 5) is 25.6. The van der Waals surface area contributed by atoms with E-state index in [1.54, 1.807) is 0 Å². The Morgan fingerprint density at radius 1 is 1.50 bits per heavy atom. The lowest BCUT2D eigenvalue weighted by Gasteiger charge is -2.17. The van der Waals surface area contributed by atoms with E-state index in [1.807, 2.05) is 16.7 Å². The van der Waals surface area contributed by atoms with Gasteiger partial charge in [-0.3, -0.25) is 4.79 Å². The zero-order valence-corrected chi connectivity index (χ0v) is 13.2. The van der Waals surface area contributed by atoms with Crippen molar-refractivity contribution in [3.63, 3.8) is 0 Å². The Bertz CT molecular complexity index is 364. The molecule has 0 spiro atoms. The predicted molar refractivity (Wildman–Crippen MR) is 81.8 cm³/mol. The number of amides is 3. The molecule has 3 amide bonds. The molecular formula is C14H25N3O2S. The Labute approximate surface area is 125 Å². The summed E-state index contributed by atoms with van der Waals surface area (Å²) in [5, 5.41) is 5.77. The van der Waals surface area contributed by atoms with E-state index in [9.17, 15) is 9.59 Å². The SMILES string of the molecule is CCSCCCNC(=O)N[C@@H]1CC(=O)N([C@H]2C[C@H]2C)C1. The topological polar surface area (TPSA) is 61.4 Å². The van der Waals surface area contributed by atoms with E-state index >= 15 is 0 Å². The summed E-state index contributed by atoms with van der Waals surface area (Å²) in [6, 6.07) is 0.249. The Morgan fingerprint density at radius 3 is 2.90 bits per heavy atom. The number of carbonyl (C=O) groups excluding carboxylic acids is 2. The van der Waals surface area contributed by atoms with Crippen LogP contribution in [-0.2, 0) is 4.79 Å². The lowest BCUT2D eigenvalue weighted by molar-refractivity contribution is -0.128. The van der Waals surface area contributed by atoms with Crippen molar-refractivity contribution in [3.8, 4) is 0 Å². The smallest absolute Gasteiger partial charge is 0.315 e. The summed E-state index contributed by atoms with van der Waals surface area (Å²) < 4.78 is 0. The maximum Gasteiger partial charge on any atom is 0.315 e. The van der Waals surface area contributed by atoms with Crippen molar-refractivity contribution in [2.45, 2.75) is 45.2 Å². The zero-order valence-electron chi connectivity index (χ0n) is 12.4. The van der Waals surface area contributed by atoms with E-state index in [0.29, 0.717) is 31.5 Å². The Kier molecular flexibility index (Phi) is 5.57. The summed E-state index contributed by atoms with van der Waals surface area (Å²) in [6.07, 6.45) is 2.54. The van der Waals surface area contributed by atoms with E-state index in [2.05, 4.69) is 24.5 Å². The number of carbonyl (C=O) groups is 2. The average Bonchev–Trinajstić information content (AvgIpc) is 3.01. The van der Waals surface area contributed by atoms with Crippen LogP contribution in [0.2, 0.25) is 0 Å². The van der Waals surface area contributed by atoms with Gasteiger partial charge in [0.15, 0.2) is 0 Å². The number of urea groups is 1. The summed E-state index contributed by atoms with van der Waals surface area (Å²) in [5.41, 5.74) is 0. The van der Waals surface area contributed by atoms with Crippen LogP contribution < -0.4 is 10.6 Å². The summed E-state index contributed by atoms with van der Waals surface area (Å²) in [6.45, 7) is 5.67. The number of rotatable bonds is 7. The third-order valence-corrected chi connectivity index (χ3v) is 4.90. The highest BCUT2D eigenvalue weighted by Crippen LogP contribution is 2.37. The van der Waals surface area contributed by atoms with E-state index in [0.717, 1.165) is 24.3 Å². The van der Waals surface area contributed by atoms with Crippen molar-refractivity contribution < 1.29 is 9.59 Å². The maximum atomic E-state index is 11.9. The molecular weight excluding hydrogens is 274 g/mol. The van der Waals surface area contributed by atoms with Gasteiger partial charge in [0.2, 0.25) is 5.91 Å². The van der Waals surface area contributed by atoms with Gasteiger partial charge in [-0.15, -0.1) is 0 Å². The van der Waals surface area contributed by atoms with Gasteiger partial charge in [-0.1, -0.05) is 13.8 Å². The molecule has 5 nitrogen and oxygen atoms in total. The van der Waals surface area contributed by atoms with Gasteiger partial charge in [0.1, 0.15) is 0 Å². The molecule has 0 aromatic heterocycles. The van der Waals surface area contributed by atoms with Crippen molar-refractivity contribution >= 4 is 23.7 Å². The van der Waals surface area contributed by atoms with E-state index < -0.39 is 0 Å². The van der Waals surface area contributed by atoms with E-state index in [-0.39, 0.29) is 18.0 Å². The maximum absolute atomic E-state index is 11.9. The number of likely N-dealkylation sites (tertiary alicyclic amines) is 1. The highest BCUT2D eigenvalue weighted by Gasteiger charge is 2.44. The fourth-order valence-corrected chi connectivity index (χ4v) is 3.28. The first-order valence-electron chi connectivity index (χ1n) is 7.53. The molecule has 3 atom stereocenters. The van der Waals surface area contributed by atoms with Gasteiger partial charge < -0.3 is 15.5 Å². The minimum absolute atomic E-state index is 0.0275. The predicted octanol–water partition coefficient (Wildman–Crippen LogP) is 1.44. The molecule has 0 aromatic rings. The van der Waals surface area contributed by atoms with Crippen molar-refractivity contribution in [2.75, 3.05) is 24.6 Å². The third-order valence-electron chi connectivity index (χ3n) is 3.92. The van der Waals surface area contributed by atoms with Gasteiger partial charge in [-0.05, 0) is 30.3 Å². The highest BCUT2D eigenvalue weighted by molar-refractivity contribution is 7.99. The molecule has 20 heavy (non-hydrogen) atoms. The zero-order chi connectivity index (χ0) is 14.5. The largest absolute Gasteiger partial charge is 0.338 e. The minimum Gasteiger partial charge on any atom is -0.338 e. The summed E-state index contributed by atoms with van der Waals surface area (Å²) in [5.74, 6) is 3.00. The molecule has 0 unspecified atom stereocenters. The number of nitrogens with zero attached hydrogens (tertiary/aromatic N) is 1. The molecule has 6 heteroatoms. The van der Waals surface area contributed by atoms with Gasteiger partial charge in [0.25, 0.3) is 0 Å².